The maximum Gasteiger partial charge on any atom is 0.282 e. The zero-order valence-corrected chi connectivity index (χ0v) is 25.3. The van der Waals surface area contributed by atoms with Gasteiger partial charge in [0.2, 0.25) is 0 Å². The molecule has 0 spiro atoms. The molecular formula is C33H35FN6O4. The summed E-state index contributed by atoms with van der Waals surface area (Å²) >= 11 is 0. The van der Waals surface area contributed by atoms with Crippen LogP contribution in [0.15, 0.2) is 76.7 Å². The highest BCUT2D eigenvalue weighted by Crippen LogP contribution is 2.31. The smallest absolute Gasteiger partial charge is 0.282 e. The third-order valence-corrected chi connectivity index (χ3v) is 7.36. The molecule has 228 valence electrons. The SMILES string of the molecule is CNCCOc1ccc(Nc2cc(-c3cccc(-n4ncc5cc(C(C)(C)C)cc(F)c5c4=O)c3CO)cn(C)c2=O)nc1. The molecule has 2 aromatic carbocycles. The number of benzene rings is 2. The maximum absolute atomic E-state index is 15.3. The van der Waals surface area contributed by atoms with Crippen molar-refractivity contribution in [1.29, 1.82) is 0 Å². The summed E-state index contributed by atoms with van der Waals surface area (Å²) in [6.45, 7) is 6.66. The minimum absolute atomic E-state index is 0.0816. The summed E-state index contributed by atoms with van der Waals surface area (Å²) < 4.78 is 23.4. The number of aliphatic hydroxyl groups excluding tert-OH is 1. The van der Waals surface area contributed by atoms with E-state index in [0.717, 1.165) is 10.2 Å². The molecule has 0 aliphatic carbocycles. The molecule has 0 aliphatic rings. The van der Waals surface area contributed by atoms with Crippen molar-refractivity contribution >= 4 is 22.3 Å². The molecule has 0 saturated carbocycles. The molecule has 3 aromatic heterocycles. The normalized spacial score (nSPS) is 11.6. The fourth-order valence-electron chi connectivity index (χ4n) is 4.95. The second kappa shape index (κ2) is 12.4. The van der Waals surface area contributed by atoms with Crippen LogP contribution in [0.1, 0.15) is 31.9 Å². The van der Waals surface area contributed by atoms with Gasteiger partial charge in [-0.15, -0.1) is 0 Å². The number of halogens is 1. The summed E-state index contributed by atoms with van der Waals surface area (Å²) in [7, 11) is 3.46. The standard InChI is InChI=1S/C33H35FN6O4/c1-33(2,3)22-13-20-16-37-40(32(43)30(20)26(34)15-22)28-8-6-7-24(25(28)19-41)21-14-27(31(42)39(5)18-21)38-29-10-9-23(17-36-29)44-12-11-35-4/h6-10,13-18,35,41H,11-12,19H2,1-5H3,(H,36,38). The first-order valence-corrected chi connectivity index (χ1v) is 14.2. The van der Waals surface area contributed by atoms with Gasteiger partial charge in [-0.1, -0.05) is 32.9 Å². The quantitative estimate of drug-likeness (QED) is 0.213. The molecule has 0 bridgehead atoms. The number of nitrogens with one attached hydrogen (secondary N) is 2. The van der Waals surface area contributed by atoms with E-state index < -0.39 is 18.0 Å². The molecule has 0 aliphatic heterocycles. The van der Waals surface area contributed by atoms with Crippen LogP contribution in [0.4, 0.5) is 15.9 Å². The molecule has 5 rings (SSSR count). The van der Waals surface area contributed by atoms with Crippen LogP contribution in [0, 0.1) is 5.82 Å². The number of anilines is 2. The monoisotopic (exact) mass is 598 g/mol. The van der Waals surface area contributed by atoms with E-state index in [9.17, 15) is 14.7 Å². The van der Waals surface area contributed by atoms with Gasteiger partial charge in [-0.3, -0.25) is 9.59 Å². The highest BCUT2D eigenvalue weighted by atomic mass is 19.1. The second-order valence-corrected chi connectivity index (χ2v) is 11.5. The van der Waals surface area contributed by atoms with Crippen LogP contribution in [0.5, 0.6) is 5.75 Å². The van der Waals surface area contributed by atoms with Gasteiger partial charge >= 0.3 is 0 Å². The lowest BCUT2D eigenvalue weighted by Crippen LogP contribution is -2.24. The first-order chi connectivity index (χ1) is 21.0. The van der Waals surface area contributed by atoms with E-state index in [0.29, 0.717) is 52.5 Å². The van der Waals surface area contributed by atoms with E-state index in [1.54, 1.807) is 61.9 Å². The van der Waals surface area contributed by atoms with Crippen LogP contribution in [0.2, 0.25) is 0 Å². The molecule has 0 radical (unpaired) electrons. The molecule has 0 amide bonds. The topological polar surface area (TPSA) is 123 Å². The van der Waals surface area contributed by atoms with E-state index in [4.69, 9.17) is 4.74 Å². The molecule has 44 heavy (non-hydrogen) atoms. The van der Waals surface area contributed by atoms with Crippen molar-refractivity contribution < 1.29 is 14.2 Å². The van der Waals surface area contributed by atoms with Crippen molar-refractivity contribution in [3.05, 3.63) is 105 Å². The summed E-state index contributed by atoms with van der Waals surface area (Å²) in [6.07, 6.45) is 4.67. The Morgan fingerprint density at radius 3 is 2.52 bits per heavy atom. The Bertz CT molecular complexity index is 1940. The zero-order chi connectivity index (χ0) is 31.6. The molecule has 11 heteroatoms. The van der Waals surface area contributed by atoms with Gasteiger partial charge in [-0.2, -0.15) is 9.78 Å². The van der Waals surface area contributed by atoms with Crippen molar-refractivity contribution in [2.24, 2.45) is 7.05 Å². The highest BCUT2D eigenvalue weighted by Gasteiger charge is 2.21. The number of aromatic nitrogens is 4. The first-order valence-electron chi connectivity index (χ1n) is 14.2. The number of aryl methyl sites for hydroxylation is 1. The van der Waals surface area contributed by atoms with E-state index in [1.165, 1.54) is 16.8 Å². The van der Waals surface area contributed by atoms with Gasteiger partial charge in [0.1, 0.15) is 29.7 Å². The largest absolute Gasteiger partial charge is 0.491 e. The predicted octanol–water partition coefficient (Wildman–Crippen LogP) is 4.42. The number of ether oxygens (including phenoxy) is 1. The second-order valence-electron chi connectivity index (χ2n) is 11.5. The van der Waals surface area contributed by atoms with Gasteiger partial charge in [0.05, 0.1) is 30.1 Å². The minimum Gasteiger partial charge on any atom is -0.491 e. The van der Waals surface area contributed by atoms with Crippen molar-refractivity contribution in [3.8, 4) is 22.6 Å². The van der Waals surface area contributed by atoms with Crippen LogP contribution in [-0.4, -0.2) is 44.6 Å². The Morgan fingerprint density at radius 2 is 1.84 bits per heavy atom. The van der Waals surface area contributed by atoms with Crippen LogP contribution < -0.4 is 26.5 Å². The number of rotatable bonds is 9. The number of likely N-dealkylation sites (N-methyl/N-ethyl adjacent to an activating group) is 1. The van der Waals surface area contributed by atoms with Crippen molar-refractivity contribution in [2.75, 3.05) is 25.5 Å². The van der Waals surface area contributed by atoms with E-state index in [1.807, 2.05) is 27.8 Å². The number of hydrogen-bond donors (Lipinski definition) is 3. The van der Waals surface area contributed by atoms with Gasteiger partial charge in [0.25, 0.3) is 11.1 Å². The summed E-state index contributed by atoms with van der Waals surface area (Å²) in [6, 6.07) is 13.4. The van der Waals surface area contributed by atoms with E-state index >= 15 is 4.39 Å². The molecular weight excluding hydrogens is 563 g/mol. The lowest BCUT2D eigenvalue weighted by atomic mass is 9.86. The number of pyridine rings is 2. The highest BCUT2D eigenvalue weighted by molar-refractivity contribution is 5.83. The maximum atomic E-state index is 15.3. The number of hydrogen-bond acceptors (Lipinski definition) is 8. The van der Waals surface area contributed by atoms with E-state index in [-0.39, 0.29) is 22.0 Å². The Labute approximate surface area is 253 Å². The van der Waals surface area contributed by atoms with Crippen LogP contribution in [0.3, 0.4) is 0 Å². The molecule has 0 saturated heterocycles. The van der Waals surface area contributed by atoms with Crippen LogP contribution in [0.25, 0.3) is 27.6 Å². The van der Waals surface area contributed by atoms with Gasteiger partial charge in [0.15, 0.2) is 0 Å². The summed E-state index contributed by atoms with van der Waals surface area (Å²) in [5.74, 6) is 0.416. The van der Waals surface area contributed by atoms with Gasteiger partial charge in [-0.05, 0) is 60.0 Å². The van der Waals surface area contributed by atoms with Gasteiger partial charge in [0, 0.05) is 36.3 Å². The third kappa shape index (κ3) is 6.10. The minimum atomic E-state index is -0.639. The Balaban J connectivity index is 1.55. The third-order valence-electron chi connectivity index (χ3n) is 7.36. The molecule has 0 unspecified atom stereocenters. The molecule has 5 aromatic rings. The number of fused-ring (bicyclic) bond motifs is 1. The van der Waals surface area contributed by atoms with E-state index in [2.05, 4.69) is 20.7 Å². The molecule has 10 nitrogen and oxygen atoms in total. The molecule has 3 heterocycles. The lowest BCUT2D eigenvalue weighted by molar-refractivity contribution is 0.282. The first kappa shape index (κ1) is 30.6. The number of aliphatic hydroxyl groups is 1. The van der Waals surface area contributed by atoms with Crippen molar-refractivity contribution in [2.45, 2.75) is 32.8 Å². The Morgan fingerprint density at radius 1 is 1.05 bits per heavy atom. The molecule has 3 N–H and O–H groups in total. The molecule has 0 atom stereocenters. The van der Waals surface area contributed by atoms with Crippen molar-refractivity contribution in [3.63, 3.8) is 0 Å². The predicted molar refractivity (Wildman–Crippen MR) is 170 cm³/mol. The van der Waals surface area contributed by atoms with Crippen LogP contribution >= 0.6 is 0 Å². The van der Waals surface area contributed by atoms with Gasteiger partial charge < -0.3 is 25.0 Å². The zero-order valence-electron chi connectivity index (χ0n) is 25.3. The summed E-state index contributed by atoms with van der Waals surface area (Å²) in [5, 5.41) is 21.3. The fourth-order valence-corrected chi connectivity index (χ4v) is 4.95. The van der Waals surface area contributed by atoms with Gasteiger partial charge in [-0.25, -0.2) is 9.37 Å². The van der Waals surface area contributed by atoms with Crippen LogP contribution in [-0.2, 0) is 19.1 Å². The average Bonchev–Trinajstić information content (AvgIpc) is 2.99. The lowest BCUT2D eigenvalue weighted by Gasteiger charge is -2.20. The van der Waals surface area contributed by atoms with Crippen molar-refractivity contribution in [1.82, 2.24) is 24.6 Å². The summed E-state index contributed by atoms with van der Waals surface area (Å²) in [4.78, 5) is 31.0. The molecule has 0 fully saturated rings. The average molecular weight is 599 g/mol. The number of nitrogens with zero attached hydrogens (tertiary/aromatic N) is 4. The summed E-state index contributed by atoms with van der Waals surface area (Å²) in [5.41, 5.74) is 1.63. The Kier molecular flexibility index (Phi) is 8.61. The Hall–Kier alpha value is -4.87. The fraction of sp³-hybridized carbons (Fsp3) is 0.273.